The molecule has 1 aliphatic carbocycles. The van der Waals surface area contributed by atoms with Gasteiger partial charge in [-0.15, -0.1) is 11.3 Å². The lowest BCUT2D eigenvalue weighted by molar-refractivity contribution is -0.122. The van der Waals surface area contributed by atoms with E-state index in [2.05, 4.69) is 10.2 Å². The van der Waals surface area contributed by atoms with Crippen LogP contribution in [0.4, 0.5) is 0 Å². The number of thiophene rings is 1. The molecule has 3 rings (SSSR count). The first-order valence-corrected chi connectivity index (χ1v) is 8.36. The van der Waals surface area contributed by atoms with Gasteiger partial charge in [0.05, 0.1) is 11.4 Å². The van der Waals surface area contributed by atoms with Crippen LogP contribution in [-0.4, -0.2) is 60.4 Å². The Morgan fingerprint density at radius 1 is 1.29 bits per heavy atom. The van der Waals surface area contributed by atoms with E-state index in [1.54, 1.807) is 0 Å². The predicted octanol–water partition coefficient (Wildman–Crippen LogP) is 1.09. The zero-order chi connectivity index (χ0) is 14.8. The minimum absolute atomic E-state index is 0.117. The molecule has 21 heavy (non-hydrogen) atoms. The average molecular weight is 307 g/mol. The Labute approximate surface area is 128 Å². The lowest BCUT2D eigenvalue weighted by Gasteiger charge is -2.34. The van der Waals surface area contributed by atoms with Gasteiger partial charge in [-0.05, 0) is 36.8 Å². The Bertz CT molecular complexity index is 531. The normalized spacial score (nSPS) is 19.6. The first-order chi connectivity index (χ1) is 10.1. The maximum atomic E-state index is 12.4. The van der Waals surface area contributed by atoms with Crippen LogP contribution < -0.4 is 5.32 Å². The molecule has 0 bridgehead atoms. The van der Waals surface area contributed by atoms with E-state index >= 15 is 0 Å². The molecular weight excluding hydrogens is 286 g/mol. The predicted molar refractivity (Wildman–Crippen MR) is 82.6 cm³/mol. The van der Waals surface area contributed by atoms with E-state index in [9.17, 15) is 9.59 Å². The van der Waals surface area contributed by atoms with Crippen molar-refractivity contribution in [2.24, 2.45) is 0 Å². The first kappa shape index (κ1) is 14.5. The fourth-order valence-corrected chi connectivity index (χ4v) is 3.44. The highest BCUT2D eigenvalue weighted by Gasteiger charge is 2.27. The summed E-state index contributed by atoms with van der Waals surface area (Å²) in [4.78, 5) is 29.0. The molecule has 1 aromatic heterocycles. The molecule has 0 atom stereocenters. The molecule has 5 nitrogen and oxygen atoms in total. The number of aryl methyl sites for hydroxylation is 1. The lowest BCUT2D eigenvalue weighted by atomic mass is 10.2. The van der Waals surface area contributed by atoms with Crippen LogP contribution in [0.15, 0.2) is 11.4 Å². The maximum Gasteiger partial charge on any atom is 0.264 e. The topological polar surface area (TPSA) is 52.7 Å². The van der Waals surface area contributed by atoms with E-state index in [0.717, 1.165) is 36.4 Å². The third-order valence-corrected chi connectivity index (χ3v) is 5.03. The van der Waals surface area contributed by atoms with Crippen LogP contribution in [0.25, 0.3) is 0 Å². The lowest BCUT2D eigenvalue weighted by Crippen LogP contribution is -2.51. The molecule has 1 saturated heterocycles. The van der Waals surface area contributed by atoms with Crippen molar-refractivity contribution < 1.29 is 9.59 Å². The Balaban J connectivity index is 1.47. The average Bonchev–Trinajstić information content (AvgIpc) is 3.17. The van der Waals surface area contributed by atoms with E-state index in [1.807, 2.05) is 23.3 Å². The molecule has 1 saturated carbocycles. The van der Waals surface area contributed by atoms with Crippen molar-refractivity contribution in [2.75, 3.05) is 32.7 Å². The summed E-state index contributed by atoms with van der Waals surface area (Å²) < 4.78 is 0. The molecule has 0 radical (unpaired) electrons. The van der Waals surface area contributed by atoms with E-state index in [0.29, 0.717) is 25.7 Å². The highest BCUT2D eigenvalue weighted by molar-refractivity contribution is 7.12. The summed E-state index contributed by atoms with van der Waals surface area (Å²) in [6.45, 7) is 5.38. The van der Waals surface area contributed by atoms with Crippen molar-refractivity contribution in [3.05, 3.63) is 21.9 Å². The SMILES string of the molecule is Cc1ccsc1C(=O)N1CCN(CC(=O)NC2CC2)CC1. The number of hydrogen-bond donors (Lipinski definition) is 1. The van der Waals surface area contributed by atoms with E-state index in [-0.39, 0.29) is 11.8 Å². The second kappa shape index (κ2) is 6.15. The second-order valence-corrected chi connectivity index (χ2v) is 6.76. The molecule has 1 aliphatic heterocycles. The maximum absolute atomic E-state index is 12.4. The van der Waals surface area contributed by atoms with Crippen LogP contribution in [-0.2, 0) is 4.79 Å². The van der Waals surface area contributed by atoms with Gasteiger partial charge in [0.2, 0.25) is 5.91 Å². The summed E-state index contributed by atoms with van der Waals surface area (Å²) in [6.07, 6.45) is 2.24. The Morgan fingerprint density at radius 2 is 2.00 bits per heavy atom. The molecule has 2 aliphatic rings. The Morgan fingerprint density at radius 3 is 2.57 bits per heavy atom. The highest BCUT2D eigenvalue weighted by Crippen LogP contribution is 2.19. The molecule has 6 heteroatoms. The molecule has 1 aromatic rings. The molecule has 2 heterocycles. The zero-order valence-corrected chi connectivity index (χ0v) is 13.1. The number of carbonyl (C=O) groups is 2. The van der Waals surface area contributed by atoms with Gasteiger partial charge in [0.25, 0.3) is 5.91 Å². The van der Waals surface area contributed by atoms with Crippen LogP contribution in [0.3, 0.4) is 0 Å². The largest absolute Gasteiger partial charge is 0.352 e. The molecule has 2 amide bonds. The number of carbonyl (C=O) groups excluding carboxylic acids is 2. The zero-order valence-electron chi connectivity index (χ0n) is 12.3. The summed E-state index contributed by atoms with van der Waals surface area (Å²) in [5.41, 5.74) is 1.05. The van der Waals surface area contributed by atoms with Gasteiger partial charge in [-0.1, -0.05) is 0 Å². The summed E-state index contributed by atoms with van der Waals surface area (Å²) in [5.74, 6) is 0.246. The second-order valence-electron chi connectivity index (χ2n) is 5.84. The quantitative estimate of drug-likeness (QED) is 0.906. The molecule has 0 aromatic carbocycles. The van der Waals surface area contributed by atoms with Gasteiger partial charge in [0.15, 0.2) is 0 Å². The minimum Gasteiger partial charge on any atom is -0.352 e. The van der Waals surface area contributed by atoms with Gasteiger partial charge >= 0.3 is 0 Å². The number of nitrogens with zero attached hydrogens (tertiary/aromatic N) is 2. The summed E-state index contributed by atoms with van der Waals surface area (Å²) in [5, 5.41) is 4.96. The monoisotopic (exact) mass is 307 g/mol. The Hall–Kier alpha value is -1.40. The van der Waals surface area contributed by atoms with Crippen molar-refractivity contribution in [2.45, 2.75) is 25.8 Å². The fourth-order valence-electron chi connectivity index (χ4n) is 2.55. The summed E-state index contributed by atoms with van der Waals surface area (Å²) >= 11 is 1.51. The van der Waals surface area contributed by atoms with Crippen molar-refractivity contribution in [1.82, 2.24) is 15.1 Å². The standard InChI is InChI=1S/C15H21N3O2S/c1-11-4-9-21-14(11)15(20)18-7-5-17(6-8-18)10-13(19)16-12-2-3-12/h4,9,12H,2-3,5-8,10H2,1H3,(H,16,19). The van der Waals surface area contributed by atoms with E-state index in [1.165, 1.54) is 11.3 Å². The van der Waals surface area contributed by atoms with Crippen molar-refractivity contribution in [3.8, 4) is 0 Å². The van der Waals surface area contributed by atoms with Crippen LogP contribution in [0.1, 0.15) is 28.1 Å². The molecule has 2 fully saturated rings. The number of hydrogen-bond acceptors (Lipinski definition) is 4. The van der Waals surface area contributed by atoms with Gasteiger partial charge in [0.1, 0.15) is 0 Å². The molecule has 114 valence electrons. The number of nitrogens with one attached hydrogen (secondary N) is 1. The van der Waals surface area contributed by atoms with Crippen molar-refractivity contribution in [1.29, 1.82) is 0 Å². The van der Waals surface area contributed by atoms with Crippen molar-refractivity contribution >= 4 is 23.2 Å². The number of rotatable bonds is 4. The highest BCUT2D eigenvalue weighted by atomic mass is 32.1. The van der Waals surface area contributed by atoms with Gasteiger partial charge in [-0.3, -0.25) is 14.5 Å². The third-order valence-electron chi connectivity index (χ3n) is 4.03. The van der Waals surface area contributed by atoms with E-state index in [4.69, 9.17) is 0 Å². The molecule has 1 N–H and O–H groups in total. The molecular formula is C15H21N3O2S. The molecule has 0 spiro atoms. The van der Waals surface area contributed by atoms with Gasteiger partial charge in [0, 0.05) is 32.2 Å². The minimum atomic E-state index is 0.117. The van der Waals surface area contributed by atoms with Crippen LogP contribution in [0.2, 0.25) is 0 Å². The fraction of sp³-hybridized carbons (Fsp3) is 0.600. The van der Waals surface area contributed by atoms with Crippen LogP contribution in [0.5, 0.6) is 0 Å². The number of amides is 2. The van der Waals surface area contributed by atoms with Gasteiger partial charge < -0.3 is 10.2 Å². The summed E-state index contributed by atoms with van der Waals surface area (Å²) in [7, 11) is 0. The molecule has 0 unspecified atom stereocenters. The Kier molecular flexibility index (Phi) is 4.26. The smallest absolute Gasteiger partial charge is 0.264 e. The van der Waals surface area contributed by atoms with Crippen LogP contribution in [0, 0.1) is 6.92 Å². The van der Waals surface area contributed by atoms with Gasteiger partial charge in [-0.25, -0.2) is 0 Å². The van der Waals surface area contributed by atoms with Gasteiger partial charge in [-0.2, -0.15) is 0 Å². The van der Waals surface area contributed by atoms with Crippen LogP contribution >= 0.6 is 11.3 Å². The number of piperazine rings is 1. The van der Waals surface area contributed by atoms with Crippen molar-refractivity contribution in [3.63, 3.8) is 0 Å². The summed E-state index contributed by atoms with van der Waals surface area (Å²) in [6, 6.07) is 2.40. The van der Waals surface area contributed by atoms with E-state index < -0.39 is 0 Å². The third kappa shape index (κ3) is 3.63. The first-order valence-electron chi connectivity index (χ1n) is 7.48.